The summed E-state index contributed by atoms with van der Waals surface area (Å²) in [7, 11) is 0. The van der Waals surface area contributed by atoms with E-state index in [1.807, 2.05) is 0 Å². The predicted octanol–water partition coefficient (Wildman–Crippen LogP) is 3.15. The maximum atomic E-state index is 13.2. The summed E-state index contributed by atoms with van der Waals surface area (Å²) in [5.41, 5.74) is -1.45. The summed E-state index contributed by atoms with van der Waals surface area (Å²) < 4.78 is 50.6. The Labute approximate surface area is 117 Å². The molecule has 0 heterocycles. The van der Waals surface area contributed by atoms with Crippen LogP contribution in [0.15, 0.2) is 18.2 Å². The van der Waals surface area contributed by atoms with Crippen LogP contribution < -0.4 is 0 Å². The molecule has 1 aromatic rings. The lowest BCUT2D eigenvalue weighted by Crippen LogP contribution is -2.43. The molecule has 0 radical (unpaired) electrons. The SMILES string of the molecule is CC(C)N(CC(F)(F)F)C(=O)c1cc(F)ccc1[N+](=O)[O-]. The van der Waals surface area contributed by atoms with Gasteiger partial charge in [-0.1, -0.05) is 0 Å². The first-order valence-electron chi connectivity index (χ1n) is 5.84. The second kappa shape index (κ2) is 6.06. The van der Waals surface area contributed by atoms with Gasteiger partial charge in [-0.15, -0.1) is 0 Å². The molecule has 0 bridgehead atoms. The van der Waals surface area contributed by atoms with Crippen LogP contribution in [-0.4, -0.2) is 34.5 Å². The van der Waals surface area contributed by atoms with Crippen molar-refractivity contribution in [1.82, 2.24) is 4.90 Å². The van der Waals surface area contributed by atoms with Crippen LogP contribution in [0.4, 0.5) is 23.2 Å². The molecule has 0 fully saturated rings. The van der Waals surface area contributed by atoms with Gasteiger partial charge in [0.05, 0.1) is 4.92 Å². The van der Waals surface area contributed by atoms with Crippen molar-refractivity contribution < 1.29 is 27.3 Å². The van der Waals surface area contributed by atoms with Crippen LogP contribution >= 0.6 is 0 Å². The topological polar surface area (TPSA) is 63.5 Å². The first-order valence-corrected chi connectivity index (χ1v) is 5.84. The maximum Gasteiger partial charge on any atom is 0.406 e. The molecule has 0 aliphatic rings. The molecule has 1 amide bonds. The van der Waals surface area contributed by atoms with Crippen LogP contribution in [0.2, 0.25) is 0 Å². The van der Waals surface area contributed by atoms with Crippen molar-refractivity contribution in [3.63, 3.8) is 0 Å². The molecule has 0 atom stereocenters. The quantitative estimate of drug-likeness (QED) is 0.487. The molecule has 116 valence electrons. The number of nitro groups is 1. The Kier molecular flexibility index (Phi) is 4.87. The molecule has 0 aliphatic heterocycles. The second-order valence-electron chi connectivity index (χ2n) is 4.56. The summed E-state index contributed by atoms with van der Waals surface area (Å²) in [6, 6.07) is 1.21. The first kappa shape index (κ1) is 16.9. The number of rotatable bonds is 4. The first-order chi connectivity index (χ1) is 9.53. The minimum atomic E-state index is -4.66. The smallest absolute Gasteiger partial charge is 0.327 e. The summed E-state index contributed by atoms with van der Waals surface area (Å²) in [6.45, 7) is 1.08. The van der Waals surface area contributed by atoms with Gasteiger partial charge in [0.25, 0.3) is 11.6 Å². The van der Waals surface area contributed by atoms with Gasteiger partial charge in [-0.05, 0) is 26.0 Å². The second-order valence-corrected chi connectivity index (χ2v) is 4.56. The van der Waals surface area contributed by atoms with Gasteiger partial charge in [-0.2, -0.15) is 13.2 Å². The molecule has 1 rings (SSSR count). The number of hydrogen-bond donors (Lipinski definition) is 0. The van der Waals surface area contributed by atoms with Crippen LogP contribution in [-0.2, 0) is 0 Å². The molecule has 5 nitrogen and oxygen atoms in total. The van der Waals surface area contributed by atoms with E-state index in [1.165, 1.54) is 13.8 Å². The fourth-order valence-electron chi connectivity index (χ4n) is 1.68. The number of nitrogens with zero attached hydrogens (tertiary/aromatic N) is 2. The Bertz CT molecular complexity index is 558. The van der Waals surface area contributed by atoms with E-state index < -0.39 is 46.7 Å². The molecule has 0 N–H and O–H groups in total. The van der Waals surface area contributed by atoms with E-state index in [0.717, 1.165) is 12.1 Å². The van der Waals surface area contributed by atoms with Gasteiger partial charge in [0.1, 0.15) is 17.9 Å². The molecule has 0 unspecified atom stereocenters. The highest BCUT2D eigenvalue weighted by molar-refractivity contribution is 5.98. The van der Waals surface area contributed by atoms with Gasteiger partial charge >= 0.3 is 6.18 Å². The number of carbonyl (C=O) groups excluding carboxylic acids is 1. The fourth-order valence-corrected chi connectivity index (χ4v) is 1.68. The maximum absolute atomic E-state index is 13.2. The van der Waals surface area contributed by atoms with Crippen molar-refractivity contribution in [3.8, 4) is 0 Å². The molecule has 0 aliphatic carbocycles. The van der Waals surface area contributed by atoms with Crippen molar-refractivity contribution >= 4 is 11.6 Å². The Hall–Kier alpha value is -2.19. The highest BCUT2D eigenvalue weighted by atomic mass is 19.4. The third-order valence-corrected chi connectivity index (χ3v) is 2.62. The fraction of sp³-hybridized carbons (Fsp3) is 0.417. The van der Waals surface area contributed by atoms with Gasteiger partial charge in [0.2, 0.25) is 0 Å². The Morgan fingerprint density at radius 3 is 2.38 bits per heavy atom. The number of halogens is 4. The monoisotopic (exact) mass is 308 g/mol. The van der Waals surface area contributed by atoms with E-state index in [1.54, 1.807) is 0 Å². The number of nitro benzene ring substituents is 1. The molecule has 21 heavy (non-hydrogen) atoms. The third kappa shape index (κ3) is 4.40. The van der Waals surface area contributed by atoms with E-state index in [0.29, 0.717) is 11.0 Å². The zero-order chi connectivity index (χ0) is 16.4. The largest absolute Gasteiger partial charge is 0.406 e. The van der Waals surface area contributed by atoms with E-state index in [4.69, 9.17) is 0 Å². The van der Waals surface area contributed by atoms with E-state index in [-0.39, 0.29) is 0 Å². The van der Waals surface area contributed by atoms with Crippen molar-refractivity contribution in [1.29, 1.82) is 0 Å². The van der Waals surface area contributed by atoms with Gasteiger partial charge in [-0.25, -0.2) is 4.39 Å². The average Bonchev–Trinajstić information content (AvgIpc) is 2.33. The molecule has 0 saturated heterocycles. The number of benzene rings is 1. The van der Waals surface area contributed by atoms with E-state index >= 15 is 0 Å². The molecular weight excluding hydrogens is 296 g/mol. The molecule has 0 saturated carbocycles. The highest BCUT2D eigenvalue weighted by Gasteiger charge is 2.36. The third-order valence-electron chi connectivity index (χ3n) is 2.62. The van der Waals surface area contributed by atoms with Gasteiger partial charge in [-0.3, -0.25) is 14.9 Å². The summed E-state index contributed by atoms with van der Waals surface area (Å²) >= 11 is 0. The van der Waals surface area contributed by atoms with Crippen molar-refractivity contribution in [3.05, 3.63) is 39.7 Å². The van der Waals surface area contributed by atoms with Crippen molar-refractivity contribution in [2.24, 2.45) is 0 Å². The van der Waals surface area contributed by atoms with Crippen LogP contribution in [0, 0.1) is 15.9 Å². The summed E-state index contributed by atoms with van der Waals surface area (Å²) in [6.07, 6.45) is -4.66. The van der Waals surface area contributed by atoms with Gasteiger partial charge < -0.3 is 4.90 Å². The van der Waals surface area contributed by atoms with Crippen LogP contribution in [0.25, 0.3) is 0 Å². The lowest BCUT2D eigenvalue weighted by Gasteiger charge is -2.27. The molecule has 1 aromatic carbocycles. The lowest BCUT2D eigenvalue weighted by molar-refractivity contribution is -0.385. The zero-order valence-electron chi connectivity index (χ0n) is 11.1. The molecular formula is C12H12F4N2O3. The number of carbonyl (C=O) groups is 1. The highest BCUT2D eigenvalue weighted by Crippen LogP contribution is 2.25. The van der Waals surface area contributed by atoms with Gasteiger partial charge in [0, 0.05) is 12.1 Å². The van der Waals surface area contributed by atoms with Gasteiger partial charge in [0.15, 0.2) is 0 Å². The Morgan fingerprint density at radius 1 is 1.38 bits per heavy atom. The van der Waals surface area contributed by atoms with Crippen LogP contribution in [0.5, 0.6) is 0 Å². The van der Waals surface area contributed by atoms with Crippen molar-refractivity contribution in [2.45, 2.75) is 26.1 Å². The molecule has 0 spiro atoms. The van der Waals surface area contributed by atoms with E-state index in [2.05, 4.69) is 0 Å². The van der Waals surface area contributed by atoms with Crippen LogP contribution in [0.3, 0.4) is 0 Å². The van der Waals surface area contributed by atoms with Crippen molar-refractivity contribution in [2.75, 3.05) is 6.54 Å². The Balaban J connectivity index is 3.27. The summed E-state index contributed by atoms with van der Waals surface area (Å²) in [5.74, 6) is -2.19. The number of alkyl halides is 3. The average molecular weight is 308 g/mol. The zero-order valence-corrected chi connectivity index (χ0v) is 11.1. The number of hydrogen-bond acceptors (Lipinski definition) is 3. The molecule has 0 aromatic heterocycles. The van der Waals surface area contributed by atoms with Crippen LogP contribution in [0.1, 0.15) is 24.2 Å². The minimum absolute atomic E-state index is 0.405. The predicted molar refractivity (Wildman–Crippen MR) is 65.3 cm³/mol. The Morgan fingerprint density at radius 2 is 1.95 bits per heavy atom. The number of amides is 1. The standard InChI is InChI=1S/C12H12F4N2O3/c1-7(2)17(6-12(14,15)16)11(19)9-5-8(13)3-4-10(9)18(20)21/h3-5,7H,6H2,1-2H3. The minimum Gasteiger partial charge on any atom is -0.327 e. The van der Waals surface area contributed by atoms with E-state index in [9.17, 15) is 32.5 Å². The summed E-state index contributed by atoms with van der Waals surface area (Å²) in [5, 5.41) is 10.8. The molecule has 9 heteroatoms. The lowest BCUT2D eigenvalue weighted by atomic mass is 10.1. The summed E-state index contributed by atoms with van der Waals surface area (Å²) in [4.78, 5) is 22.4. The normalized spacial score (nSPS) is 11.6.